The quantitative estimate of drug-likeness (QED) is 0.665. The molecule has 6 heteroatoms. The third-order valence-electron chi connectivity index (χ3n) is 5.33. The first kappa shape index (κ1) is 19.2. The van der Waals surface area contributed by atoms with Crippen LogP contribution in [0, 0.1) is 5.41 Å². The molecular weight excluding hydrogens is 324 g/mol. The lowest BCUT2D eigenvalue weighted by molar-refractivity contribution is -0.164. The first-order chi connectivity index (χ1) is 11.9. The van der Waals surface area contributed by atoms with Crippen molar-refractivity contribution in [1.82, 2.24) is 0 Å². The lowest BCUT2D eigenvalue weighted by Crippen LogP contribution is -2.44. The second kappa shape index (κ2) is 8.32. The predicted molar refractivity (Wildman–Crippen MR) is 91.2 cm³/mol. The maximum Gasteiger partial charge on any atom is 0.333 e. The number of rotatable bonds is 4. The number of carboxylic acids is 3. The van der Waals surface area contributed by atoms with Crippen molar-refractivity contribution in [2.45, 2.75) is 70.6 Å². The van der Waals surface area contributed by atoms with Crippen LogP contribution in [0.2, 0.25) is 0 Å². The zero-order valence-electron chi connectivity index (χ0n) is 14.4. The fourth-order valence-electron chi connectivity index (χ4n) is 3.99. The Hall–Kier alpha value is -2.11. The van der Waals surface area contributed by atoms with Gasteiger partial charge in [0.15, 0.2) is 5.41 Å². The van der Waals surface area contributed by atoms with Gasteiger partial charge in [-0.3, -0.25) is 9.59 Å². The predicted octanol–water partition coefficient (Wildman–Crippen LogP) is 3.77. The minimum absolute atomic E-state index is 0.184. The Kier molecular flexibility index (Phi) is 6.39. The molecule has 0 saturated carbocycles. The van der Waals surface area contributed by atoms with Crippen molar-refractivity contribution in [3.05, 3.63) is 22.8 Å². The van der Waals surface area contributed by atoms with Gasteiger partial charge < -0.3 is 15.3 Å². The molecule has 0 aromatic heterocycles. The van der Waals surface area contributed by atoms with Gasteiger partial charge in [0.1, 0.15) is 0 Å². The molecule has 0 spiro atoms. The minimum Gasteiger partial charge on any atom is -0.480 e. The van der Waals surface area contributed by atoms with Crippen LogP contribution in [-0.4, -0.2) is 33.2 Å². The van der Waals surface area contributed by atoms with Crippen molar-refractivity contribution >= 4 is 17.9 Å². The molecule has 0 aromatic rings. The standard InChI is InChI=1S/C19H26O6/c20-16(21)15-14(13-9-5-2-1-3-6-10-13)11-7-4-8-12-19(15,17(22)23)18(24)25/h9H,1-8,10-12H2,(H,20,21)(H,22,23)(H,24,25). The molecule has 6 nitrogen and oxygen atoms in total. The Morgan fingerprint density at radius 1 is 0.800 bits per heavy atom. The van der Waals surface area contributed by atoms with Crippen LogP contribution in [0.15, 0.2) is 22.8 Å². The molecule has 0 unspecified atom stereocenters. The second-order valence-corrected chi connectivity index (χ2v) is 6.92. The van der Waals surface area contributed by atoms with E-state index in [2.05, 4.69) is 0 Å². The van der Waals surface area contributed by atoms with E-state index >= 15 is 0 Å². The van der Waals surface area contributed by atoms with Crippen LogP contribution in [0.25, 0.3) is 0 Å². The van der Waals surface area contributed by atoms with Crippen molar-refractivity contribution in [1.29, 1.82) is 0 Å². The summed E-state index contributed by atoms with van der Waals surface area (Å²) in [5.74, 6) is -4.59. The minimum atomic E-state index is -2.37. The van der Waals surface area contributed by atoms with Crippen molar-refractivity contribution in [3.63, 3.8) is 0 Å². The maximum atomic E-state index is 12.0. The molecule has 3 N–H and O–H groups in total. The van der Waals surface area contributed by atoms with Gasteiger partial charge in [0, 0.05) is 0 Å². The Balaban J connectivity index is 2.70. The molecule has 0 heterocycles. The normalized spacial score (nSPS) is 22.0. The van der Waals surface area contributed by atoms with Crippen molar-refractivity contribution in [2.75, 3.05) is 0 Å². The summed E-state index contributed by atoms with van der Waals surface area (Å²) in [6.07, 6.45) is 9.68. The molecule has 0 radical (unpaired) electrons. The zero-order chi connectivity index (χ0) is 18.4. The van der Waals surface area contributed by atoms with Gasteiger partial charge in [-0.05, 0) is 56.1 Å². The second-order valence-electron chi connectivity index (χ2n) is 6.92. The molecule has 2 rings (SSSR count). The molecule has 2 aliphatic rings. The van der Waals surface area contributed by atoms with E-state index in [0.29, 0.717) is 31.3 Å². The van der Waals surface area contributed by atoms with Gasteiger partial charge in [-0.2, -0.15) is 0 Å². The van der Waals surface area contributed by atoms with E-state index in [-0.39, 0.29) is 6.42 Å². The van der Waals surface area contributed by atoms with Gasteiger partial charge in [0.05, 0.1) is 5.57 Å². The summed E-state index contributed by atoms with van der Waals surface area (Å²) in [5.41, 5.74) is -1.52. The van der Waals surface area contributed by atoms with Crippen LogP contribution >= 0.6 is 0 Å². The van der Waals surface area contributed by atoms with E-state index in [9.17, 15) is 29.7 Å². The zero-order valence-corrected chi connectivity index (χ0v) is 14.4. The Labute approximate surface area is 147 Å². The van der Waals surface area contributed by atoms with Crippen molar-refractivity contribution in [2.24, 2.45) is 5.41 Å². The summed E-state index contributed by atoms with van der Waals surface area (Å²) in [4.78, 5) is 35.9. The van der Waals surface area contributed by atoms with Crippen LogP contribution in [-0.2, 0) is 14.4 Å². The highest BCUT2D eigenvalue weighted by atomic mass is 16.4. The van der Waals surface area contributed by atoms with Crippen LogP contribution < -0.4 is 0 Å². The van der Waals surface area contributed by atoms with Gasteiger partial charge in [0.2, 0.25) is 0 Å². The number of allylic oxidation sites excluding steroid dienone is 3. The number of aliphatic carboxylic acids is 3. The third-order valence-corrected chi connectivity index (χ3v) is 5.33. The SMILES string of the molecule is O=C(O)C1=C(C2=CCCCCCC2)CCCCCC1(C(=O)O)C(=O)O. The third kappa shape index (κ3) is 3.94. The van der Waals surface area contributed by atoms with Gasteiger partial charge in [-0.15, -0.1) is 0 Å². The van der Waals surface area contributed by atoms with Crippen molar-refractivity contribution in [3.8, 4) is 0 Å². The van der Waals surface area contributed by atoms with E-state index in [0.717, 1.165) is 44.1 Å². The number of hydrogen-bond acceptors (Lipinski definition) is 3. The maximum absolute atomic E-state index is 12.0. The molecule has 0 atom stereocenters. The lowest BCUT2D eigenvalue weighted by atomic mass is 9.70. The summed E-state index contributed by atoms with van der Waals surface area (Å²) in [5, 5.41) is 29.2. The van der Waals surface area contributed by atoms with E-state index in [1.807, 2.05) is 6.08 Å². The molecule has 0 fully saturated rings. The smallest absolute Gasteiger partial charge is 0.333 e. The summed E-state index contributed by atoms with van der Waals surface area (Å²) in [6, 6.07) is 0. The molecule has 0 saturated heterocycles. The summed E-state index contributed by atoms with van der Waals surface area (Å²) >= 11 is 0. The first-order valence-corrected chi connectivity index (χ1v) is 9.04. The highest BCUT2D eigenvalue weighted by molar-refractivity contribution is 6.10. The van der Waals surface area contributed by atoms with E-state index in [4.69, 9.17) is 0 Å². The van der Waals surface area contributed by atoms with Gasteiger partial charge >= 0.3 is 17.9 Å². The fourth-order valence-corrected chi connectivity index (χ4v) is 3.99. The molecule has 0 bridgehead atoms. The molecule has 138 valence electrons. The molecule has 0 amide bonds. The van der Waals surface area contributed by atoms with E-state index in [1.54, 1.807) is 0 Å². The van der Waals surface area contributed by atoms with Crippen LogP contribution in [0.3, 0.4) is 0 Å². The van der Waals surface area contributed by atoms with Gasteiger partial charge in [-0.1, -0.05) is 31.8 Å². The molecule has 2 aliphatic carbocycles. The summed E-state index contributed by atoms with van der Waals surface area (Å²) in [6.45, 7) is 0. The first-order valence-electron chi connectivity index (χ1n) is 9.04. The highest BCUT2D eigenvalue weighted by Gasteiger charge is 2.54. The van der Waals surface area contributed by atoms with E-state index < -0.39 is 28.9 Å². The van der Waals surface area contributed by atoms with Crippen LogP contribution in [0.5, 0.6) is 0 Å². The van der Waals surface area contributed by atoms with E-state index in [1.165, 1.54) is 0 Å². The molecule has 0 aromatic carbocycles. The van der Waals surface area contributed by atoms with Crippen molar-refractivity contribution < 1.29 is 29.7 Å². The molecule has 0 aliphatic heterocycles. The Bertz CT molecular complexity index is 599. The average Bonchev–Trinajstić information content (AvgIpc) is 2.46. The van der Waals surface area contributed by atoms with Gasteiger partial charge in [0.25, 0.3) is 0 Å². The van der Waals surface area contributed by atoms with Gasteiger partial charge in [-0.25, -0.2) is 4.79 Å². The highest BCUT2D eigenvalue weighted by Crippen LogP contribution is 2.43. The van der Waals surface area contributed by atoms with Crippen LogP contribution in [0.4, 0.5) is 0 Å². The summed E-state index contributed by atoms with van der Waals surface area (Å²) < 4.78 is 0. The summed E-state index contributed by atoms with van der Waals surface area (Å²) in [7, 11) is 0. The van der Waals surface area contributed by atoms with Crippen LogP contribution in [0.1, 0.15) is 70.6 Å². The topological polar surface area (TPSA) is 112 Å². The largest absolute Gasteiger partial charge is 0.480 e. The number of carbonyl (C=O) groups is 3. The monoisotopic (exact) mass is 350 g/mol. The average molecular weight is 350 g/mol. The molecular formula is C19H26O6. The Morgan fingerprint density at radius 3 is 2.04 bits per heavy atom. The Morgan fingerprint density at radius 2 is 1.40 bits per heavy atom. The number of hydrogen-bond donors (Lipinski definition) is 3. The lowest BCUT2D eigenvalue weighted by Gasteiger charge is -2.31. The number of carboxylic acid groups (broad SMARTS) is 3. The fraction of sp³-hybridized carbons (Fsp3) is 0.632. The molecule has 25 heavy (non-hydrogen) atoms.